The third-order valence-electron chi connectivity index (χ3n) is 4.21. The molecule has 0 amide bonds. The maximum atomic E-state index is 11.4. The van der Waals surface area contributed by atoms with E-state index in [2.05, 4.69) is 38.8 Å². The van der Waals surface area contributed by atoms with Gasteiger partial charge in [0.25, 0.3) is 0 Å². The second-order valence-corrected chi connectivity index (χ2v) is 11.7. The quantitative estimate of drug-likeness (QED) is 0.614. The molecule has 0 aliphatic heterocycles. The lowest BCUT2D eigenvalue weighted by atomic mass is 10.2. The predicted octanol–water partition coefficient (Wildman–Crippen LogP) is 4.55. The minimum atomic E-state index is -1.80. The highest BCUT2D eigenvalue weighted by molar-refractivity contribution is 6.74. The van der Waals surface area contributed by atoms with Crippen LogP contribution in [0.3, 0.4) is 0 Å². The summed E-state index contributed by atoms with van der Waals surface area (Å²) in [4.78, 5) is 15.6. The topological polar surface area (TPSA) is 52.3 Å². The van der Waals surface area contributed by atoms with Crippen LogP contribution >= 0.6 is 0 Å². The summed E-state index contributed by atoms with van der Waals surface area (Å²) in [5.41, 5.74) is 1.96. The van der Waals surface area contributed by atoms with E-state index in [-0.39, 0.29) is 10.8 Å². The van der Waals surface area contributed by atoms with Gasteiger partial charge in [-0.05, 0) is 31.1 Å². The highest BCUT2D eigenvalue weighted by Gasteiger charge is 2.37. The summed E-state index contributed by atoms with van der Waals surface area (Å²) in [6.45, 7) is 13.0. The lowest BCUT2D eigenvalue weighted by Gasteiger charge is -2.35. The first-order valence-corrected chi connectivity index (χ1v) is 10.0. The Morgan fingerprint density at radius 1 is 1.33 bits per heavy atom. The minimum absolute atomic E-state index is 0.0140. The van der Waals surface area contributed by atoms with Crippen LogP contribution in [-0.2, 0) is 11.0 Å². The molecule has 0 aliphatic rings. The van der Waals surface area contributed by atoms with Gasteiger partial charge in [-0.2, -0.15) is 0 Å². The number of furan rings is 1. The van der Waals surface area contributed by atoms with Gasteiger partial charge in [0.1, 0.15) is 11.3 Å². The number of rotatable bonds is 4. The van der Waals surface area contributed by atoms with Crippen molar-refractivity contribution in [3.8, 4) is 0 Å². The standard InChI is InChI=1S/C16H23NO3Si/c1-11(18)12-7-15-14(17-9-12)8-13(20-15)10-19-21(5,6)16(2,3)4/h7-9H,10H2,1-6H3. The maximum absolute atomic E-state index is 11.4. The van der Waals surface area contributed by atoms with Crippen molar-refractivity contribution in [1.29, 1.82) is 0 Å². The Hall–Kier alpha value is -1.46. The second kappa shape index (κ2) is 5.39. The Morgan fingerprint density at radius 3 is 2.57 bits per heavy atom. The van der Waals surface area contributed by atoms with Crippen molar-refractivity contribution < 1.29 is 13.6 Å². The molecule has 0 aliphatic carbocycles. The van der Waals surface area contributed by atoms with E-state index in [1.807, 2.05) is 6.07 Å². The molecule has 0 radical (unpaired) electrons. The Morgan fingerprint density at radius 2 is 2.00 bits per heavy atom. The number of nitrogens with zero attached hydrogens (tertiary/aromatic N) is 1. The number of hydrogen-bond acceptors (Lipinski definition) is 4. The van der Waals surface area contributed by atoms with Gasteiger partial charge in [-0.25, -0.2) is 0 Å². The number of Topliss-reactive ketones (excluding diaryl/α,β-unsaturated/α-hetero) is 1. The van der Waals surface area contributed by atoms with E-state index in [0.29, 0.717) is 17.8 Å². The molecule has 5 heteroatoms. The fourth-order valence-corrected chi connectivity index (χ4v) is 2.64. The highest BCUT2D eigenvalue weighted by atomic mass is 28.4. The molecule has 21 heavy (non-hydrogen) atoms. The summed E-state index contributed by atoms with van der Waals surface area (Å²) < 4.78 is 11.9. The molecular formula is C16H23NO3Si. The molecule has 0 saturated heterocycles. The Labute approximate surface area is 126 Å². The van der Waals surface area contributed by atoms with E-state index in [1.54, 1.807) is 12.3 Å². The SMILES string of the molecule is CC(=O)c1cnc2cc(CO[Si](C)(C)C(C)(C)C)oc2c1. The van der Waals surface area contributed by atoms with Gasteiger partial charge in [-0.15, -0.1) is 0 Å². The van der Waals surface area contributed by atoms with Gasteiger partial charge in [-0.1, -0.05) is 20.8 Å². The lowest BCUT2D eigenvalue weighted by Crippen LogP contribution is -2.40. The summed E-state index contributed by atoms with van der Waals surface area (Å²) in [6, 6.07) is 3.62. The summed E-state index contributed by atoms with van der Waals surface area (Å²) in [6.07, 6.45) is 1.58. The largest absolute Gasteiger partial charge is 0.457 e. The fraction of sp³-hybridized carbons (Fsp3) is 0.500. The van der Waals surface area contributed by atoms with Crippen LogP contribution in [0, 0.1) is 0 Å². The summed E-state index contributed by atoms with van der Waals surface area (Å²) in [7, 11) is -1.80. The van der Waals surface area contributed by atoms with Crippen LogP contribution < -0.4 is 0 Å². The van der Waals surface area contributed by atoms with Crippen LogP contribution in [0.2, 0.25) is 18.1 Å². The maximum Gasteiger partial charge on any atom is 0.192 e. The zero-order valence-electron chi connectivity index (χ0n) is 13.6. The van der Waals surface area contributed by atoms with E-state index >= 15 is 0 Å². The summed E-state index contributed by atoms with van der Waals surface area (Å²) in [5.74, 6) is 0.739. The average Bonchev–Trinajstić information content (AvgIpc) is 2.76. The van der Waals surface area contributed by atoms with E-state index in [1.165, 1.54) is 6.92 Å². The predicted molar refractivity (Wildman–Crippen MR) is 86.0 cm³/mol. The van der Waals surface area contributed by atoms with Crippen LogP contribution in [-0.4, -0.2) is 19.1 Å². The molecule has 0 unspecified atom stereocenters. The number of fused-ring (bicyclic) bond motifs is 1. The van der Waals surface area contributed by atoms with Gasteiger partial charge < -0.3 is 8.84 Å². The molecule has 0 aromatic carbocycles. The number of ketones is 1. The monoisotopic (exact) mass is 305 g/mol. The molecule has 114 valence electrons. The van der Waals surface area contributed by atoms with Crippen molar-refractivity contribution in [1.82, 2.24) is 4.98 Å². The third kappa shape index (κ3) is 3.41. The first-order chi connectivity index (χ1) is 9.60. The van der Waals surface area contributed by atoms with Crippen molar-refractivity contribution >= 4 is 25.2 Å². The lowest BCUT2D eigenvalue weighted by molar-refractivity contribution is 0.101. The molecule has 0 spiro atoms. The molecule has 0 saturated carbocycles. The van der Waals surface area contributed by atoms with Crippen LogP contribution in [0.15, 0.2) is 22.7 Å². The molecule has 2 rings (SSSR count). The first-order valence-electron chi connectivity index (χ1n) is 7.13. The Kier molecular flexibility index (Phi) is 4.08. The number of aromatic nitrogens is 1. The molecule has 0 fully saturated rings. The smallest absolute Gasteiger partial charge is 0.192 e. The van der Waals surface area contributed by atoms with E-state index in [0.717, 1.165) is 11.3 Å². The van der Waals surface area contributed by atoms with Gasteiger partial charge in [0.15, 0.2) is 19.7 Å². The second-order valence-electron chi connectivity index (χ2n) is 6.93. The molecule has 0 N–H and O–H groups in total. The van der Waals surface area contributed by atoms with Gasteiger partial charge >= 0.3 is 0 Å². The average molecular weight is 305 g/mol. The Balaban J connectivity index is 2.19. The molecule has 0 bridgehead atoms. The molecule has 0 atom stereocenters. The van der Waals surface area contributed by atoms with E-state index in [9.17, 15) is 4.79 Å². The number of pyridine rings is 1. The highest BCUT2D eigenvalue weighted by Crippen LogP contribution is 2.37. The van der Waals surface area contributed by atoms with E-state index < -0.39 is 8.32 Å². The summed E-state index contributed by atoms with van der Waals surface area (Å²) in [5, 5.41) is 0.166. The first kappa shape index (κ1) is 15.9. The van der Waals surface area contributed by atoms with Crippen LogP contribution in [0.25, 0.3) is 11.1 Å². The van der Waals surface area contributed by atoms with Crippen molar-refractivity contribution in [2.45, 2.75) is 52.4 Å². The van der Waals surface area contributed by atoms with Crippen molar-refractivity contribution in [3.63, 3.8) is 0 Å². The van der Waals surface area contributed by atoms with E-state index in [4.69, 9.17) is 8.84 Å². The van der Waals surface area contributed by atoms with Gasteiger partial charge in [-0.3, -0.25) is 9.78 Å². The van der Waals surface area contributed by atoms with Crippen molar-refractivity contribution in [3.05, 3.63) is 29.7 Å². The third-order valence-corrected chi connectivity index (χ3v) is 8.69. The zero-order chi connectivity index (χ0) is 15.8. The molecule has 2 aromatic heterocycles. The zero-order valence-corrected chi connectivity index (χ0v) is 14.6. The van der Waals surface area contributed by atoms with Gasteiger partial charge in [0.05, 0.1) is 6.61 Å². The minimum Gasteiger partial charge on any atom is -0.457 e. The molecule has 2 aromatic rings. The number of carbonyl (C=O) groups is 1. The molecule has 4 nitrogen and oxygen atoms in total. The van der Waals surface area contributed by atoms with Crippen LogP contribution in [0.1, 0.15) is 43.8 Å². The number of hydrogen-bond donors (Lipinski definition) is 0. The van der Waals surface area contributed by atoms with Crippen LogP contribution in [0.5, 0.6) is 0 Å². The Bertz CT molecular complexity index is 668. The van der Waals surface area contributed by atoms with Gasteiger partial charge in [0, 0.05) is 17.8 Å². The molecule has 2 heterocycles. The van der Waals surface area contributed by atoms with Crippen LogP contribution in [0.4, 0.5) is 0 Å². The van der Waals surface area contributed by atoms with Crippen molar-refractivity contribution in [2.75, 3.05) is 0 Å². The molecular weight excluding hydrogens is 282 g/mol. The fourth-order valence-electron chi connectivity index (χ4n) is 1.70. The van der Waals surface area contributed by atoms with Gasteiger partial charge in [0.2, 0.25) is 0 Å². The normalized spacial score (nSPS) is 12.9. The summed E-state index contributed by atoms with van der Waals surface area (Å²) >= 11 is 0. The number of carbonyl (C=O) groups excluding carboxylic acids is 1. The van der Waals surface area contributed by atoms with Crippen molar-refractivity contribution in [2.24, 2.45) is 0 Å².